The third-order valence-corrected chi connectivity index (χ3v) is 2.43. The summed E-state index contributed by atoms with van der Waals surface area (Å²) in [4.78, 5) is 0. The Balaban J connectivity index is 2.52. The molecule has 1 heterocycles. The Morgan fingerprint density at radius 2 is 1.62 bits per heavy atom. The van der Waals surface area contributed by atoms with Crippen LogP contribution >= 0.6 is 0 Å². The van der Waals surface area contributed by atoms with Crippen molar-refractivity contribution < 1.29 is 14.6 Å². The molecule has 0 unspecified atom stereocenters. The molecule has 0 bridgehead atoms. The van der Waals surface area contributed by atoms with Crippen LogP contribution in [0.5, 0.6) is 0 Å². The van der Waals surface area contributed by atoms with E-state index in [4.69, 9.17) is 9.47 Å². The summed E-state index contributed by atoms with van der Waals surface area (Å²) in [6.07, 6.45) is 3.03. The van der Waals surface area contributed by atoms with Crippen LogP contribution in [0.3, 0.4) is 0 Å². The summed E-state index contributed by atoms with van der Waals surface area (Å²) in [5.74, 6) is 0. The van der Waals surface area contributed by atoms with Crippen molar-refractivity contribution in [2.24, 2.45) is 0 Å². The van der Waals surface area contributed by atoms with E-state index in [0.717, 1.165) is 25.7 Å². The fourth-order valence-corrected chi connectivity index (χ4v) is 1.90. The van der Waals surface area contributed by atoms with E-state index >= 15 is 0 Å². The lowest BCUT2D eigenvalue weighted by Gasteiger charge is -2.31. The highest BCUT2D eigenvalue weighted by Crippen LogP contribution is 2.28. The molecule has 78 valence electrons. The molecule has 0 aromatic rings. The van der Waals surface area contributed by atoms with Gasteiger partial charge in [-0.1, -0.05) is 26.7 Å². The monoisotopic (exact) mass is 188 g/mol. The van der Waals surface area contributed by atoms with Crippen molar-refractivity contribution in [2.75, 3.05) is 13.2 Å². The number of hydrogen-bond donors (Lipinski definition) is 1. The van der Waals surface area contributed by atoms with Gasteiger partial charge >= 0.3 is 0 Å². The molecular weight excluding hydrogens is 168 g/mol. The minimum absolute atomic E-state index is 0.396. The van der Waals surface area contributed by atoms with Gasteiger partial charge in [0.2, 0.25) is 0 Å². The summed E-state index contributed by atoms with van der Waals surface area (Å²) in [5, 5.41) is 10.3. The predicted molar refractivity (Wildman–Crippen MR) is 50.5 cm³/mol. The molecule has 1 rings (SSSR count). The van der Waals surface area contributed by atoms with Crippen molar-refractivity contribution in [2.45, 2.75) is 51.4 Å². The largest absolute Gasteiger partial charge is 0.385 e. The molecule has 0 spiro atoms. The fraction of sp³-hybridized carbons (Fsp3) is 1.00. The van der Waals surface area contributed by atoms with Crippen molar-refractivity contribution in [3.63, 3.8) is 0 Å². The van der Waals surface area contributed by atoms with Crippen molar-refractivity contribution in [3.8, 4) is 0 Å². The summed E-state index contributed by atoms with van der Waals surface area (Å²) < 4.78 is 10.7. The van der Waals surface area contributed by atoms with Gasteiger partial charge < -0.3 is 14.6 Å². The average molecular weight is 188 g/mol. The van der Waals surface area contributed by atoms with Crippen LogP contribution in [-0.2, 0) is 9.47 Å². The first-order chi connectivity index (χ1) is 6.23. The topological polar surface area (TPSA) is 38.7 Å². The van der Waals surface area contributed by atoms with E-state index < -0.39 is 11.9 Å². The lowest BCUT2D eigenvalue weighted by Crippen LogP contribution is -2.42. The standard InChI is InChI=1S/C10H20O3/c1-3-5-10(11,6-4-2)9-12-7-8-13-9/h9,11H,3-8H2,1-2H3. The zero-order valence-electron chi connectivity index (χ0n) is 8.58. The zero-order valence-corrected chi connectivity index (χ0v) is 8.58. The summed E-state index contributed by atoms with van der Waals surface area (Å²) in [6, 6.07) is 0. The van der Waals surface area contributed by atoms with Crippen molar-refractivity contribution in [1.29, 1.82) is 0 Å². The summed E-state index contributed by atoms with van der Waals surface area (Å²) in [7, 11) is 0. The maximum absolute atomic E-state index is 10.3. The Labute approximate surface area is 80.0 Å². The molecule has 3 nitrogen and oxygen atoms in total. The first kappa shape index (κ1) is 11.0. The van der Waals surface area contributed by atoms with Crippen LogP contribution in [0.2, 0.25) is 0 Å². The Bertz CT molecular complexity index is 135. The van der Waals surface area contributed by atoms with Gasteiger partial charge in [0.05, 0.1) is 13.2 Å². The van der Waals surface area contributed by atoms with Gasteiger partial charge in [0.1, 0.15) is 5.60 Å². The molecule has 0 aromatic carbocycles. The second-order valence-corrected chi connectivity index (χ2v) is 3.68. The van der Waals surface area contributed by atoms with Crippen LogP contribution in [-0.4, -0.2) is 30.2 Å². The molecule has 1 saturated heterocycles. The maximum Gasteiger partial charge on any atom is 0.186 e. The van der Waals surface area contributed by atoms with Gasteiger partial charge in [0, 0.05) is 0 Å². The van der Waals surface area contributed by atoms with E-state index in [1.165, 1.54) is 0 Å². The van der Waals surface area contributed by atoms with E-state index in [1.54, 1.807) is 0 Å². The molecule has 1 fully saturated rings. The van der Waals surface area contributed by atoms with Crippen LogP contribution < -0.4 is 0 Å². The molecule has 0 saturated carbocycles. The van der Waals surface area contributed by atoms with Crippen molar-refractivity contribution in [3.05, 3.63) is 0 Å². The van der Waals surface area contributed by atoms with Gasteiger partial charge in [0.25, 0.3) is 0 Å². The van der Waals surface area contributed by atoms with Gasteiger partial charge in [-0.3, -0.25) is 0 Å². The zero-order chi connectivity index (χ0) is 9.73. The van der Waals surface area contributed by atoms with Crippen LogP contribution in [0.25, 0.3) is 0 Å². The van der Waals surface area contributed by atoms with Crippen LogP contribution in [0.4, 0.5) is 0 Å². The highest BCUT2D eigenvalue weighted by atomic mass is 16.7. The predicted octanol–water partition coefficient (Wildman–Crippen LogP) is 1.69. The van der Waals surface area contributed by atoms with Gasteiger partial charge in [-0.25, -0.2) is 0 Å². The van der Waals surface area contributed by atoms with Gasteiger partial charge in [-0.2, -0.15) is 0 Å². The van der Waals surface area contributed by atoms with Gasteiger partial charge in [0.15, 0.2) is 6.29 Å². The lowest BCUT2D eigenvalue weighted by atomic mass is 9.92. The highest BCUT2D eigenvalue weighted by Gasteiger charge is 2.39. The molecule has 1 aliphatic rings. The Hall–Kier alpha value is -0.120. The van der Waals surface area contributed by atoms with Gasteiger partial charge in [-0.05, 0) is 12.8 Å². The van der Waals surface area contributed by atoms with E-state index in [1.807, 2.05) is 0 Å². The third kappa shape index (κ3) is 2.66. The molecule has 3 heteroatoms. The summed E-state index contributed by atoms with van der Waals surface area (Å²) in [5.41, 5.74) is -0.764. The Kier molecular flexibility index (Phi) is 4.16. The van der Waals surface area contributed by atoms with Crippen LogP contribution in [0.15, 0.2) is 0 Å². The Morgan fingerprint density at radius 3 is 2.00 bits per heavy atom. The number of aliphatic hydroxyl groups is 1. The van der Waals surface area contributed by atoms with E-state index in [-0.39, 0.29) is 0 Å². The number of hydrogen-bond acceptors (Lipinski definition) is 3. The van der Waals surface area contributed by atoms with E-state index in [0.29, 0.717) is 13.2 Å². The number of rotatable bonds is 5. The summed E-state index contributed by atoms with van der Waals surface area (Å²) in [6.45, 7) is 5.35. The molecule has 1 N–H and O–H groups in total. The molecule has 0 atom stereocenters. The molecular formula is C10H20O3. The quantitative estimate of drug-likeness (QED) is 0.713. The molecule has 0 radical (unpaired) electrons. The van der Waals surface area contributed by atoms with Gasteiger partial charge in [-0.15, -0.1) is 0 Å². The van der Waals surface area contributed by atoms with Crippen LogP contribution in [0.1, 0.15) is 39.5 Å². The molecule has 0 aromatic heterocycles. The first-order valence-corrected chi connectivity index (χ1v) is 5.18. The van der Waals surface area contributed by atoms with E-state index in [2.05, 4.69) is 13.8 Å². The molecule has 1 aliphatic heterocycles. The first-order valence-electron chi connectivity index (χ1n) is 5.18. The number of ether oxygens (including phenoxy) is 2. The minimum atomic E-state index is -0.764. The van der Waals surface area contributed by atoms with E-state index in [9.17, 15) is 5.11 Å². The lowest BCUT2D eigenvalue weighted by molar-refractivity contribution is -0.187. The van der Waals surface area contributed by atoms with Crippen molar-refractivity contribution >= 4 is 0 Å². The fourth-order valence-electron chi connectivity index (χ4n) is 1.90. The third-order valence-electron chi connectivity index (χ3n) is 2.43. The normalized spacial score (nSPS) is 19.6. The highest BCUT2D eigenvalue weighted by molar-refractivity contribution is 4.83. The SMILES string of the molecule is CCCC(O)(CCC)C1OCCO1. The molecule has 0 aliphatic carbocycles. The smallest absolute Gasteiger partial charge is 0.186 e. The Morgan fingerprint density at radius 1 is 1.15 bits per heavy atom. The minimum Gasteiger partial charge on any atom is -0.385 e. The average Bonchev–Trinajstić information content (AvgIpc) is 2.57. The summed E-state index contributed by atoms with van der Waals surface area (Å²) >= 11 is 0. The maximum atomic E-state index is 10.3. The second kappa shape index (κ2) is 4.94. The van der Waals surface area contributed by atoms with Crippen LogP contribution in [0, 0.1) is 0 Å². The molecule has 13 heavy (non-hydrogen) atoms. The second-order valence-electron chi connectivity index (χ2n) is 3.68. The molecule has 0 amide bonds. The van der Waals surface area contributed by atoms with Crippen molar-refractivity contribution in [1.82, 2.24) is 0 Å².